The van der Waals surface area contributed by atoms with Crippen LogP contribution in [0.1, 0.15) is 0 Å². The lowest BCUT2D eigenvalue weighted by molar-refractivity contribution is 0.149. The molecule has 0 saturated heterocycles. The Balaban J connectivity index is 0.000000265. The van der Waals surface area contributed by atoms with Crippen LogP contribution in [0.2, 0.25) is 0 Å². The van der Waals surface area contributed by atoms with Gasteiger partial charge in [-0.25, -0.2) is 0 Å². The van der Waals surface area contributed by atoms with E-state index in [1.807, 2.05) is 0 Å². The van der Waals surface area contributed by atoms with Crippen molar-refractivity contribution in [1.82, 2.24) is 0 Å². The number of nitrogens with two attached hydrogens (primary N) is 2. The number of phenolic OH excluding ortho intramolecular Hbond substituents is 2. The summed E-state index contributed by atoms with van der Waals surface area (Å²) >= 11 is 0. The van der Waals surface area contributed by atoms with Crippen LogP contribution in [-0.4, -0.2) is 36.5 Å². The Kier molecular flexibility index (Phi) is 8.46. The van der Waals surface area contributed by atoms with Gasteiger partial charge in [0.05, 0.1) is 13.2 Å². The van der Waals surface area contributed by atoms with Gasteiger partial charge in [-0.2, -0.15) is 0 Å². The lowest BCUT2D eigenvalue weighted by Gasteiger charge is -1.95. The van der Waals surface area contributed by atoms with Crippen molar-refractivity contribution >= 4 is 0 Å². The molecule has 1 aromatic carbocycles. The fourth-order valence-electron chi connectivity index (χ4n) is 0.721. The molecule has 0 aromatic heterocycles. The maximum absolute atomic E-state index is 8.65. The third-order valence-corrected chi connectivity index (χ3v) is 1.37. The van der Waals surface area contributed by atoms with E-state index < -0.39 is 0 Å². The molecule has 0 heterocycles. The van der Waals surface area contributed by atoms with Gasteiger partial charge in [-0.3, -0.25) is 0 Å². The van der Waals surface area contributed by atoms with Gasteiger partial charge in [-0.05, 0) is 24.3 Å². The van der Waals surface area contributed by atoms with Crippen LogP contribution >= 0.6 is 0 Å². The molecule has 0 spiro atoms. The van der Waals surface area contributed by atoms with Gasteiger partial charge < -0.3 is 26.4 Å². The standard InChI is InChI=1S/C6H6O2.C4H12N2O/c7-5-1-2-6(8)4-3-5;5-1-3-7-4-2-6/h1-4,7-8H;1-6H2. The molecule has 0 unspecified atom stereocenters. The molecule has 86 valence electrons. The molecule has 5 nitrogen and oxygen atoms in total. The first-order valence-electron chi connectivity index (χ1n) is 4.66. The summed E-state index contributed by atoms with van der Waals surface area (Å²) in [5, 5.41) is 17.3. The van der Waals surface area contributed by atoms with Crippen molar-refractivity contribution in [1.29, 1.82) is 0 Å². The Bertz CT molecular complexity index is 214. The van der Waals surface area contributed by atoms with Gasteiger partial charge in [-0.15, -0.1) is 0 Å². The van der Waals surface area contributed by atoms with Gasteiger partial charge in [-0.1, -0.05) is 0 Å². The average Bonchev–Trinajstić information content (AvgIpc) is 2.24. The van der Waals surface area contributed by atoms with Crippen molar-refractivity contribution in [2.45, 2.75) is 0 Å². The summed E-state index contributed by atoms with van der Waals surface area (Å²) < 4.78 is 4.88. The van der Waals surface area contributed by atoms with E-state index in [0.717, 1.165) is 0 Å². The van der Waals surface area contributed by atoms with Gasteiger partial charge in [0.1, 0.15) is 11.5 Å². The van der Waals surface area contributed by atoms with Crippen LogP contribution in [0.4, 0.5) is 0 Å². The van der Waals surface area contributed by atoms with Crippen LogP contribution in [0.3, 0.4) is 0 Å². The van der Waals surface area contributed by atoms with Crippen LogP contribution in [0, 0.1) is 0 Å². The molecule has 1 rings (SSSR count). The molecule has 0 aliphatic carbocycles. The second-order valence-electron chi connectivity index (χ2n) is 2.71. The number of hydrogen-bond donors (Lipinski definition) is 4. The topological polar surface area (TPSA) is 102 Å². The van der Waals surface area contributed by atoms with Gasteiger partial charge in [0.15, 0.2) is 0 Å². The van der Waals surface area contributed by atoms with Crippen LogP contribution in [0.25, 0.3) is 0 Å². The molecular weight excluding hydrogens is 196 g/mol. The van der Waals surface area contributed by atoms with Gasteiger partial charge in [0, 0.05) is 13.1 Å². The minimum absolute atomic E-state index is 0.169. The summed E-state index contributed by atoms with van der Waals surface area (Å²) in [6.07, 6.45) is 0. The number of phenols is 2. The lowest BCUT2D eigenvalue weighted by atomic mass is 10.3. The summed E-state index contributed by atoms with van der Waals surface area (Å²) in [6, 6.07) is 5.70. The highest BCUT2D eigenvalue weighted by Gasteiger charge is 1.84. The van der Waals surface area contributed by atoms with Crippen molar-refractivity contribution in [2.75, 3.05) is 26.3 Å². The number of rotatable bonds is 4. The Morgan fingerprint density at radius 2 is 1.20 bits per heavy atom. The molecule has 0 saturated carbocycles. The summed E-state index contributed by atoms with van der Waals surface area (Å²) in [4.78, 5) is 0. The zero-order valence-electron chi connectivity index (χ0n) is 8.60. The normalized spacial score (nSPS) is 9.20. The molecule has 6 N–H and O–H groups in total. The maximum Gasteiger partial charge on any atom is 0.115 e. The minimum atomic E-state index is 0.169. The van der Waals surface area contributed by atoms with Crippen molar-refractivity contribution in [2.24, 2.45) is 11.5 Å². The third kappa shape index (κ3) is 9.01. The second kappa shape index (κ2) is 9.26. The summed E-state index contributed by atoms with van der Waals surface area (Å²) in [5.41, 5.74) is 10.2. The fraction of sp³-hybridized carbons (Fsp3) is 0.400. The zero-order valence-corrected chi connectivity index (χ0v) is 8.60. The second-order valence-corrected chi connectivity index (χ2v) is 2.71. The van der Waals surface area contributed by atoms with E-state index in [2.05, 4.69) is 0 Å². The van der Waals surface area contributed by atoms with Crippen LogP contribution in [0.15, 0.2) is 24.3 Å². The molecule has 5 heteroatoms. The Hall–Kier alpha value is -1.30. The third-order valence-electron chi connectivity index (χ3n) is 1.37. The van der Waals surface area contributed by atoms with Crippen molar-refractivity contribution in [3.05, 3.63) is 24.3 Å². The molecule has 0 radical (unpaired) electrons. The van der Waals surface area contributed by atoms with Crippen molar-refractivity contribution < 1.29 is 14.9 Å². The van der Waals surface area contributed by atoms with E-state index >= 15 is 0 Å². The minimum Gasteiger partial charge on any atom is -0.508 e. The van der Waals surface area contributed by atoms with E-state index in [0.29, 0.717) is 26.3 Å². The lowest BCUT2D eigenvalue weighted by Crippen LogP contribution is -2.13. The van der Waals surface area contributed by atoms with E-state index in [-0.39, 0.29) is 11.5 Å². The first kappa shape index (κ1) is 13.7. The van der Waals surface area contributed by atoms with Crippen molar-refractivity contribution in [3.8, 4) is 11.5 Å². The molecule has 0 aliphatic rings. The molecule has 0 fully saturated rings. The van der Waals surface area contributed by atoms with Crippen LogP contribution in [-0.2, 0) is 4.74 Å². The van der Waals surface area contributed by atoms with E-state index in [1.54, 1.807) is 0 Å². The van der Waals surface area contributed by atoms with E-state index in [9.17, 15) is 0 Å². The van der Waals surface area contributed by atoms with E-state index in [4.69, 9.17) is 26.4 Å². The monoisotopic (exact) mass is 214 g/mol. The first-order valence-corrected chi connectivity index (χ1v) is 4.66. The highest BCUT2D eigenvalue weighted by atomic mass is 16.5. The fourth-order valence-corrected chi connectivity index (χ4v) is 0.721. The number of ether oxygens (including phenoxy) is 1. The van der Waals surface area contributed by atoms with Crippen molar-refractivity contribution in [3.63, 3.8) is 0 Å². The highest BCUT2D eigenvalue weighted by molar-refractivity contribution is 5.28. The molecule has 0 aliphatic heterocycles. The number of hydrogen-bond acceptors (Lipinski definition) is 5. The van der Waals surface area contributed by atoms with Gasteiger partial charge >= 0.3 is 0 Å². The predicted octanol–water partition coefficient (Wildman–Crippen LogP) is 0.0182. The predicted molar refractivity (Wildman–Crippen MR) is 58.7 cm³/mol. The van der Waals surface area contributed by atoms with Gasteiger partial charge in [0.25, 0.3) is 0 Å². The zero-order chi connectivity index (χ0) is 11.5. The number of benzene rings is 1. The maximum atomic E-state index is 8.65. The van der Waals surface area contributed by atoms with Crippen LogP contribution in [0.5, 0.6) is 11.5 Å². The molecule has 1 aromatic rings. The largest absolute Gasteiger partial charge is 0.508 e. The van der Waals surface area contributed by atoms with E-state index in [1.165, 1.54) is 24.3 Å². The van der Waals surface area contributed by atoms with Gasteiger partial charge in [0.2, 0.25) is 0 Å². The molecule has 0 amide bonds. The Morgan fingerprint density at radius 1 is 0.867 bits per heavy atom. The van der Waals surface area contributed by atoms with Crippen LogP contribution < -0.4 is 11.5 Å². The highest BCUT2D eigenvalue weighted by Crippen LogP contribution is 2.13. The Labute approximate surface area is 89.3 Å². The summed E-state index contributed by atoms with van der Waals surface area (Å²) in [7, 11) is 0. The molecule has 0 bridgehead atoms. The molecule has 15 heavy (non-hydrogen) atoms. The SMILES string of the molecule is NCCOCCN.Oc1ccc(O)cc1. The summed E-state index contributed by atoms with van der Waals surface area (Å²) in [6.45, 7) is 2.41. The average molecular weight is 214 g/mol. The molecule has 0 atom stereocenters. The molecular formula is C10H18N2O3. The quantitative estimate of drug-likeness (QED) is 0.418. The summed E-state index contributed by atoms with van der Waals surface area (Å²) in [5.74, 6) is 0.339. The first-order chi connectivity index (χ1) is 7.20. The Morgan fingerprint density at radius 3 is 1.47 bits per heavy atom. The smallest absolute Gasteiger partial charge is 0.115 e. The number of aromatic hydroxyl groups is 2.